The Morgan fingerprint density at radius 2 is 2.00 bits per heavy atom. The number of hydrogen-bond donors (Lipinski definition) is 0. The quantitative estimate of drug-likeness (QED) is 0.789. The monoisotopic (exact) mass is 270 g/mol. The highest BCUT2D eigenvalue weighted by molar-refractivity contribution is 9.10. The summed E-state index contributed by atoms with van der Waals surface area (Å²) < 4.78 is 5.73. The highest BCUT2D eigenvalue weighted by atomic mass is 79.9. The lowest BCUT2D eigenvalue weighted by Crippen LogP contribution is -2.03. The van der Waals surface area contributed by atoms with Crippen LogP contribution in [0.3, 0.4) is 0 Å². The molecule has 3 heteroatoms. The van der Waals surface area contributed by atoms with Gasteiger partial charge in [-0.3, -0.25) is 4.79 Å². The van der Waals surface area contributed by atoms with E-state index in [2.05, 4.69) is 39.7 Å². The van der Waals surface area contributed by atoms with Crippen LogP contribution in [0.5, 0.6) is 0 Å². The molecule has 0 aromatic heterocycles. The second kappa shape index (κ2) is 5.31. The van der Waals surface area contributed by atoms with Crippen molar-refractivity contribution in [1.82, 2.24) is 0 Å². The van der Waals surface area contributed by atoms with Gasteiger partial charge in [0.15, 0.2) is 0 Å². The predicted octanol–water partition coefficient (Wildman–Crippen LogP) is 3.17. The average molecular weight is 271 g/mol. The summed E-state index contributed by atoms with van der Waals surface area (Å²) >= 11 is 3.48. The number of aryl methyl sites for hydroxylation is 3. The average Bonchev–Trinajstić information content (AvgIpc) is 2.21. The van der Waals surface area contributed by atoms with E-state index >= 15 is 0 Å². The first-order chi connectivity index (χ1) is 7.04. The Bertz CT molecular complexity index is 372. The van der Waals surface area contributed by atoms with E-state index in [1.54, 1.807) is 0 Å². The minimum atomic E-state index is -0.157. The molecule has 0 aliphatic heterocycles. The summed E-state index contributed by atoms with van der Waals surface area (Å²) in [5.74, 6) is -0.157. The van der Waals surface area contributed by atoms with E-state index in [1.165, 1.54) is 23.8 Å². The number of rotatable bonds is 3. The maximum atomic E-state index is 11.0. The number of methoxy groups -OCH3 is 1. The Labute approximate surface area is 98.8 Å². The van der Waals surface area contributed by atoms with Crippen molar-refractivity contribution in [1.29, 1.82) is 0 Å². The molecule has 0 N–H and O–H groups in total. The molecule has 1 rings (SSSR count). The van der Waals surface area contributed by atoms with Crippen LogP contribution < -0.4 is 0 Å². The Morgan fingerprint density at radius 1 is 1.33 bits per heavy atom. The molecule has 0 amide bonds. The Hall–Kier alpha value is -0.830. The standard InChI is InChI=1S/C12H15BrO2/c1-8-7-11(13)9(2)6-10(8)4-5-12(14)15-3/h6-7H,4-5H2,1-3H3. The zero-order chi connectivity index (χ0) is 11.4. The van der Waals surface area contributed by atoms with E-state index in [0.29, 0.717) is 6.42 Å². The largest absolute Gasteiger partial charge is 0.469 e. The van der Waals surface area contributed by atoms with Crippen LogP contribution in [0.2, 0.25) is 0 Å². The molecule has 0 unspecified atom stereocenters. The number of ether oxygens (including phenoxy) is 1. The molecule has 82 valence electrons. The number of carbonyl (C=O) groups excluding carboxylic acids is 1. The first kappa shape index (κ1) is 12.2. The molecule has 0 aliphatic rings. The van der Waals surface area contributed by atoms with Gasteiger partial charge in [0.05, 0.1) is 7.11 Å². The minimum absolute atomic E-state index is 0.157. The Balaban J connectivity index is 2.77. The zero-order valence-corrected chi connectivity index (χ0v) is 10.8. The fourth-order valence-corrected chi connectivity index (χ4v) is 1.91. The topological polar surface area (TPSA) is 26.3 Å². The van der Waals surface area contributed by atoms with Gasteiger partial charge in [-0.2, -0.15) is 0 Å². The van der Waals surface area contributed by atoms with Gasteiger partial charge in [0, 0.05) is 10.9 Å². The van der Waals surface area contributed by atoms with Gasteiger partial charge in [0.2, 0.25) is 0 Å². The van der Waals surface area contributed by atoms with Crippen LogP contribution in [0.15, 0.2) is 16.6 Å². The van der Waals surface area contributed by atoms with Gasteiger partial charge in [-0.25, -0.2) is 0 Å². The van der Waals surface area contributed by atoms with E-state index in [-0.39, 0.29) is 5.97 Å². The lowest BCUT2D eigenvalue weighted by Gasteiger charge is -2.08. The number of esters is 1. The van der Waals surface area contributed by atoms with Crippen LogP contribution in [-0.4, -0.2) is 13.1 Å². The Kier molecular flexibility index (Phi) is 4.33. The highest BCUT2D eigenvalue weighted by Crippen LogP contribution is 2.21. The minimum Gasteiger partial charge on any atom is -0.469 e. The summed E-state index contributed by atoms with van der Waals surface area (Å²) in [6.07, 6.45) is 1.19. The van der Waals surface area contributed by atoms with Crippen molar-refractivity contribution in [2.24, 2.45) is 0 Å². The fraction of sp³-hybridized carbons (Fsp3) is 0.417. The van der Waals surface area contributed by atoms with Crippen molar-refractivity contribution < 1.29 is 9.53 Å². The molecule has 0 bridgehead atoms. The van der Waals surface area contributed by atoms with Gasteiger partial charge in [-0.1, -0.05) is 22.0 Å². The van der Waals surface area contributed by atoms with E-state index in [1.807, 2.05) is 6.92 Å². The summed E-state index contributed by atoms with van der Waals surface area (Å²) in [4.78, 5) is 11.0. The molecule has 0 atom stereocenters. The molecule has 0 aliphatic carbocycles. The summed E-state index contributed by atoms with van der Waals surface area (Å²) in [6, 6.07) is 4.20. The van der Waals surface area contributed by atoms with Gasteiger partial charge < -0.3 is 4.74 Å². The lowest BCUT2D eigenvalue weighted by atomic mass is 10.0. The fourth-order valence-electron chi connectivity index (χ4n) is 1.45. The van der Waals surface area contributed by atoms with Crippen molar-refractivity contribution in [2.45, 2.75) is 26.7 Å². The van der Waals surface area contributed by atoms with Crippen molar-refractivity contribution in [2.75, 3.05) is 7.11 Å². The van der Waals surface area contributed by atoms with Crippen LogP contribution in [0, 0.1) is 13.8 Å². The van der Waals surface area contributed by atoms with Gasteiger partial charge in [0.1, 0.15) is 0 Å². The highest BCUT2D eigenvalue weighted by Gasteiger charge is 2.06. The van der Waals surface area contributed by atoms with Crippen LogP contribution in [0.4, 0.5) is 0 Å². The lowest BCUT2D eigenvalue weighted by molar-refractivity contribution is -0.140. The molecule has 0 saturated carbocycles. The van der Waals surface area contributed by atoms with Crippen LogP contribution >= 0.6 is 15.9 Å². The van der Waals surface area contributed by atoms with E-state index in [9.17, 15) is 4.79 Å². The summed E-state index contributed by atoms with van der Waals surface area (Å²) in [6.45, 7) is 4.10. The van der Waals surface area contributed by atoms with Crippen LogP contribution in [-0.2, 0) is 16.0 Å². The molecule has 1 aromatic carbocycles. The second-order valence-electron chi connectivity index (χ2n) is 3.60. The van der Waals surface area contributed by atoms with E-state index in [4.69, 9.17) is 0 Å². The third kappa shape index (κ3) is 3.34. The van der Waals surface area contributed by atoms with Gasteiger partial charge in [0.25, 0.3) is 0 Å². The molecule has 0 fully saturated rings. The molecule has 0 heterocycles. The number of benzene rings is 1. The second-order valence-corrected chi connectivity index (χ2v) is 4.46. The molecule has 0 spiro atoms. The number of carbonyl (C=O) groups is 1. The number of hydrogen-bond acceptors (Lipinski definition) is 2. The third-order valence-corrected chi connectivity index (χ3v) is 3.30. The smallest absolute Gasteiger partial charge is 0.305 e. The molecule has 0 radical (unpaired) electrons. The third-order valence-electron chi connectivity index (χ3n) is 2.44. The van der Waals surface area contributed by atoms with Crippen LogP contribution in [0.25, 0.3) is 0 Å². The molecular weight excluding hydrogens is 256 g/mol. The van der Waals surface area contributed by atoms with Gasteiger partial charge in [-0.05, 0) is 43.0 Å². The molecule has 2 nitrogen and oxygen atoms in total. The maximum absolute atomic E-state index is 11.0. The van der Waals surface area contributed by atoms with Crippen molar-refractivity contribution in [3.05, 3.63) is 33.3 Å². The molecule has 15 heavy (non-hydrogen) atoms. The first-order valence-corrected chi connectivity index (χ1v) is 5.66. The predicted molar refractivity (Wildman–Crippen MR) is 64.0 cm³/mol. The van der Waals surface area contributed by atoms with E-state index in [0.717, 1.165) is 10.9 Å². The zero-order valence-electron chi connectivity index (χ0n) is 9.26. The van der Waals surface area contributed by atoms with Crippen LogP contribution in [0.1, 0.15) is 23.1 Å². The normalized spacial score (nSPS) is 10.1. The summed E-state index contributed by atoms with van der Waals surface area (Å²) in [5.41, 5.74) is 3.61. The van der Waals surface area contributed by atoms with Gasteiger partial charge in [-0.15, -0.1) is 0 Å². The number of halogens is 1. The molecule has 1 aromatic rings. The van der Waals surface area contributed by atoms with Crippen molar-refractivity contribution in [3.8, 4) is 0 Å². The molecular formula is C12H15BrO2. The summed E-state index contributed by atoms with van der Waals surface area (Å²) in [7, 11) is 1.42. The van der Waals surface area contributed by atoms with Crippen molar-refractivity contribution in [3.63, 3.8) is 0 Å². The van der Waals surface area contributed by atoms with Gasteiger partial charge >= 0.3 is 5.97 Å². The Morgan fingerprint density at radius 3 is 2.60 bits per heavy atom. The SMILES string of the molecule is COC(=O)CCc1cc(C)c(Br)cc1C. The van der Waals surface area contributed by atoms with E-state index < -0.39 is 0 Å². The first-order valence-electron chi connectivity index (χ1n) is 4.87. The molecule has 0 saturated heterocycles. The van der Waals surface area contributed by atoms with Crippen molar-refractivity contribution >= 4 is 21.9 Å². The maximum Gasteiger partial charge on any atom is 0.305 e. The summed E-state index contributed by atoms with van der Waals surface area (Å²) in [5, 5.41) is 0.